The monoisotopic (exact) mass is 491 g/mol. The highest BCUT2D eigenvalue weighted by Crippen LogP contribution is 2.27. The van der Waals surface area contributed by atoms with Crippen LogP contribution in [0.15, 0.2) is 47.6 Å². The third-order valence-corrected chi connectivity index (χ3v) is 7.47. The number of carbonyl (C=O) groups excluding carboxylic acids is 2. The fraction of sp³-hybridized carbons (Fsp3) is 0.435. The number of esters is 1. The molecule has 0 radical (unpaired) electrons. The number of pyridine rings is 1. The van der Waals surface area contributed by atoms with E-state index in [0.29, 0.717) is 37.3 Å². The second-order valence-electron chi connectivity index (χ2n) is 7.76. The van der Waals surface area contributed by atoms with Crippen LogP contribution in [0, 0.1) is 5.92 Å². The van der Waals surface area contributed by atoms with Gasteiger partial charge in [0.25, 0.3) is 5.91 Å². The highest BCUT2D eigenvalue weighted by molar-refractivity contribution is 7.89. The second-order valence-corrected chi connectivity index (χ2v) is 9.70. The minimum Gasteiger partial charge on any atom is -0.493 e. The number of hydrogen-bond donors (Lipinski definition) is 1. The summed E-state index contributed by atoms with van der Waals surface area (Å²) in [5, 5.41) is 2.72. The molecule has 2 aromatic rings. The largest absolute Gasteiger partial charge is 0.493 e. The topological polar surface area (TPSA) is 124 Å². The standard InChI is InChI=1S/C23H29N3O7S/c1-31-20-6-5-17(14-21(20)32-2)7-11-25-22(27)16-33-23(28)18-8-12-26(13-9-18)34(29,30)19-4-3-10-24-15-19/h3-6,10,14-15,18H,7-9,11-13,16H2,1-2H3,(H,25,27). The molecule has 1 saturated heterocycles. The van der Waals surface area contributed by atoms with Crippen molar-refractivity contribution in [3.63, 3.8) is 0 Å². The Hall–Kier alpha value is -3.18. The second kappa shape index (κ2) is 11.8. The van der Waals surface area contributed by atoms with Crippen molar-refractivity contribution < 1.29 is 32.2 Å². The van der Waals surface area contributed by atoms with E-state index >= 15 is 0 Å². The van der Waals surface area contributed by atoms with Crippen molar-refractivity contribution >= 4 is 21.9 Å². The van der Waals surface area contributed by atoms with Gasteiger partial charge >= 0.3 is 5.97 Å². The van der Waals surface area contributed by atoms with Gasteiger partial charge in [0.15, 0.2) is 18.1 Å². The van der Waals surface area contributed by atoms with Crippen LogP contribution in [0.3, 0.4) is 0 Å². The fourth-order valence-corrected chi connectivity index (χ4v) is 5.10. The lowest BCUT2D eigenvalue weighted by Crippen LogP contribution is -2.41. The summed E-state index contributed by atoms with van der Waals surface area (Å²) in [7, 11) is -0.520. The SMILES string of the molecule is COc1ccc(CCNC(=O)COC(=O)C2CCN(S(=O)(=O)c3cccnc3)CC2)cc1OC. The summed E-state index contributed by atoms with van der Waals surface area (Å²) >= 11 is 0. The van der Waals surface area contributed by atoms with Crippen LogP contribution in [0.4, 0.5) is 0 Å². The third kappa shape index (κ3) is 6.45. The molecular weight excluding hydrogens is 462 g/mol. The third-order valence-electron chi connectivity index (χ3n) is 5.59. The van der Waals surface area contributed by atoms with Crippen LogP contribution < -0.4 is 14.8 Å². The molecule has 0 atom stereocenters. The molecule has 1 aliphatic rings. The smallest absolute Gasteiger partial charge is 0.309 e. The van der Waals surface area contributed by atoms with E-state index in [4.69, 9.17) is 14.2 Å². The van der Waals surface area contributed by atoms with Gasteiger partial charge in [0, 0.05) is 32.0 Å². The van der Waals surface area contributed by atoms with Crippen molar-refractivity contribution in [2.45, 2.75) is 24.2 Å². The van der Waals surface area contributed by atoms with E-state index in [1.54, 1.807) is 26.4 Å². The fourth-order valence-electron chi connectivity index (χ4n) is 3.67. The first-order valence-corrected chi connectivity index (χ1v) is 12.3. The maximum Gasteiger partial charge on any atom is 0.309 e. The molecule has 1 N–H and O–H groups in total. The molecule has 0 saturated carbocycles. The van der Waals surface area contributed by atoms with Crippen molar-refractivity contribution in [1.29, 1.82) is 0 Å². The first-order chi connectivity index (χ1) is 16.3. The number of benzene rings is 1. The zero-order valence-electron chi connectivity index (χ0n) is 19.2. The lowest BCUT2D eigenvalue weighted by atomic mass is 9.98. The molecule has 1 amide bonds. The Bertz CT molecular complexity index is 1080. The first kappa shape index (κ1) is 25.4. The van der Waals surface area contributed by atoms with Crippen molar-refractivity contribution in [3.8, 4) is 11.5 Å². The quantitative estimate of drug-likeness (QED) is 0.495. The average Bonchev–Trinajstić information content (AvgIpc) is 2.87. The van der Waals surface area contributed by atoms with Gasteiger partial charge in [0.1, 0.15) is 4.90 Å². The molecule has 0 spiro atoms. The summed E-state index contributed by atoms with van der Waals surface area (Å²) in [5.74, 6) is -0.0963. The van der Waals surface area contributed by atoms with Crippen molar-refractivity contribution in [2.75, 3.05) is 40.5 Å². The summed E-state index contributed by atoms with van der Waals surface area (Å²) in [6, 6.07) is 8.58. The van der Waals surface area contributed by atoms with Crippen LogP contribution in [-0.4, -0.2) is 70.0 Å². The molecule has 1 fully saturated rings. The lowest BCUT2D eigenvalue weighted by molar-refractivity contribution is -0.153. The van der Waals surface area contributed by atoms with Crippen molar-refractivity contribution in [1.82, 2.24) is 14.6 Å². The van der Waals surface area contributed by atoms with Crippen LogP contribution in [0.2, 0.25) is 0 Å². The Labute approximate surface area is 199 Å². The Morgan fingerprint density at radius 2 is 1.85 bits per heavy atom. The van der Waals surface area contributed by atoms with Gasteiger partial charge < -0.3 is 19.5 Å². The van der Waals surface area contributed by atoms with Gasteiger partial charge in [-0.15, -0.1) is 0 Å². The number of piperidine rings is 1. The molecule has 3 rings (SSSR count). The summed E-state index contributed by atoms with van der Waals surface area (Å²) < 4.78 is 42.3. The molecule has 0 unspecified atom stereocenters. The number of nitrogens with one attached hydrogen (secondary N) is 1. The number of carbonyl (C=O) groups is 2. The maximum atomic E-state index is 12.7. The predicted octanol–water partition coefficient (Wildman–Crippen LogP) is 1.40. The molecule has 1 aliphatic heterocycles. The molecule has 0 aliphatic carbocycles. The van der Waals surface area contributed by atoms with Crippen LogP contribution in [0.25, 0.3) is 0 Å². The predicted molar refractivity (Wildman–Crippen MR) is 123 cm³/mol. The van der Waals surface area contributed by atoms with E-state index in [9.17, 15) is 18.0 Å². The van der Waals surface area contributed by atoms with E-state index in [1.807, 2.05) is 12.1 Å². The number of ether oxygens (including phenoxy) is 3. The summed E-state index contributed by atoms with van der Waals surface area (Å²) in [5.41, 5.74) is 0.961. The normalized spacial score (nSPS) is 14.9. The van der Waals surface area contributed by atoms with E-state index in [1.165, 1.54) is 22.8 Å². The average molecular weight is 492 g/mol. The zero-order valence-corrected chi connectivity index (χ0v) is 20.0. The van der Waals surface area contributed by atoms with Crippen LogP contribution >= 0.6 is 0 Å². The first-order valence-electron chi connectivity index (χ1n) is 10.9. The molecule has 1 aromatic heterocycles. The van der Waals surface area contributed by atoms with Crippen LogP contribution in [-0.2, 0) is 30.8 Å². The molecule has 2 heterocycles. The van der Waals surface area contributed by atoms with Crippen LogP contribution in [0.5, 0.6) is 11.5 Å². The van der Waals surface area contributed by atoms with Gasteiger partial charge in [0.05, 0.1) is 20.1 Å². The number of amides is 1. The molecule has 10 nitrogen and oxygen atoms in total. The lowest BCUT2D eigenvalue weighted by Gasteiger charge is -2.29. The van der Waals surface area contributed by atoms with Crippen molar-refractivity contribution in [2.24, 2.45) is 5.92 Å². The zero-order chi connectivity index (χ0) is 24.6. The molecule has 1 aromatic carbocycles. The van der Waals surface area contributed by atoms with Gasteiger partial charge in [0.2, 0.25) is 10.0 Å². The molecule has 11 heteroatoms. The van der Waals surface area contributed by atoms with Gasteiger partial charge in [-0.1, -0.05) is 6.07 Å². The number of sulfonamides is 1. The van der Waals surface area contributed by atoms with Gasteiger partial charge in [-0.3, -0.25) is 14.6 Å². The van der Waals surface area contributed by atoms with E-state index in [0.717, 1.165) is 5.56 Å². The molecule has 184 valence electrons. The highest BCUT2D eigenvalue weighted by atomic mass is 32.2. The molecule has 34 heavy (non-hydrogen) atoms. The van der Waals surface area contributed by atoms with Crippen molar-refractivity contribution in [3.05, 3.63) is 48.3 Å². The summed E-state index contributed by atoms with van der Waals surface area (Å²) in [4.78, 5) is 28.4. The molecule has 0 bridgehead atoms. The number of rotatable bonds is 10. The van der Waals surface area contributed by atoms with Gasteiger partial charge in [-0.25, -0.2) is 8.42 Å². The number of hydrogen-bond acceptors (Lipinski definition) is 8. The Balaban J connectivity index is 1.38. The Morgan fingerprint density at radius 1 is 1.12 bits per heavy atom. The highest BCUT2D eigenvalue weighted by Gasteiger charge is 2.33. The summed E-state index contributed by atoms with van der Waals surface area (Å²) in [6.45, 7) is 0.401. The van der Waals surface area contributed by atoms with Crippen LogP contribution in [0.1, 0.15) is 18.4 Å². The minimum absolute atomic E-state index is 0.126. The van der Waals surface area contributed by atoms with E-state index < -0.39 is 27.8 Å². The minimum atomic E-state index is -3.64. The van der Waals surface area contributed by atoms with Gasteiger partial charge in [-0.05, 0) is 49.1 Å². The van der Waals surface area contributed by atoms with E-state index in [-0.39, 0.29) is 24.6 Å². The van der Waals surface area contributed by atoms with Gasteiger partial charge in [-0.2, -0.15) is 4.31 Å². The maximum absolute atomic E-state index is 12.7. The molecular formula is C23H29N3O7S. The number of methoxy groups -OCH3 is 2. The van der Waals surface area contributed by atoms with E-state index in [2.05, 4.69) is 10.3 Å². The number of nitrogens with zero attached hydrogens (tertiary/aromatic N) is 2. The number of aromatic nitrogens is 1. The Kier molecular flexibility index (Phi) is 8.83. The summed E-state index contributed by atoms with van der Waals surface area (Å²) in [6.07, 6.45) is 4.05. The Morgan fingerprint density at radius 3 is 2.50 bits per heavy atom.